The summed E-state index contributed by atoms with van der Waals surface area (Å²) in [6, 6.07) is 0. The highest BCUT2D eigenvalue weighted by molar-refractivity contribution is 6.19. The minimum atomic E-state index is -0.488. The van der Waals surface area contributed by atoms with E-state index < -0.39 is 5.56 Å². The lowest BCUT2D eigenvalue weighted by atomic mass is 10.5. The number of halogens is 2. The SMILES string of the molecule is CC(Cl)OCCOC(Cl)CCO[C]=O. The molecule has 0 N–H and O–H groups in total. The Morgan fingerprint density at radius 2 is 1.86 bits per heavy atom. The number of hydrogen-bond acceptors (Lipinski definition) is 4. The van der Waals surface area contributed by atoms with E-state index >= 15 is 0 Å². The summed E-state index contributed by atoms with van der Waals surface area (Å²) >= 11 is 11.2. The Morgan fingerprint density at radius 1 is 1.21 bits per heavy atom. The molecule has 6 heteroatoms. The molecular formula is C8H13Cl2O4. The molecule has 1 radical (unpaired) electrons. The smallest absolute Gasteiger partial charge is 0.417 e. The molecule has 14 heavy (non-hydrogen) atoms. The van der Waals surface area contributed by atoms with Crippen LogP contribution in [-0.2, 0) is 19.0 Å². The van der Waals surface area contributed by atoms with Gasteiger partial charge in [0.1, 0.15) is 11.1 Å². The van der Waals surface area contributed by atoms with E-state index in [1.54, 1.807) is 6.92 Å². The van der Waals surface area contributed by atoms with Gasteiger partial charge in [-0.15, -0.1) is 0 Å². The molecule has 0 aromatic heterocycles. The van der Waals surface area contributed by atoms with Crippen molar-refractivity contribution in [3.63, 3.8) is 0 Å². The summed E-state index contributed by atoms with van der Waals surface area (Å²) < 4.78 is 14.4. The Hall–Kier alpha value is -0.0300. The molecule has 0 amide bonds. The standard InChI is InChI=1S/C8H13Cl2O4/c1-7(9)13-4-5-14-8(10)2-3-12-6-11/h7-8H,2-5H2,1H3. The summed E-state index contributed by atoms with van der Waals surface area (Å²) in [5.41, 5.74) is -0.821. The normalized spacial score (nSPS) is 14.8. The van der Waals surface area contributed by atoms with Crippen LogP contribution in [0, 0.1) is 0 Å². The predicted molar refractivity (Wildman–Crippen MR) is 53.1 cm³/mol. The molecule has 0 fully saturated rings. The van der Waals surface area contributed by atoms with E-state index in [1.165, 1.54) is 6.47 Å². The summed E-state index contributed by atoms with van der Waals surface area (Å²) in [7, 11) is 0. The van der Waals surface area contributed by atoms with Gasteiger partial charge in [-0.2, -0.15) is 0 Å². The first-order chi connectivity index (χ1) is 6.66. The second-order valence-corrected chi connectivity index (χ2v) is 3.52. The van der Waals surface area contributed by atoms with E-state index in [0.717, 1.165) is 0 Å². The lowest BCUT2D eigenvalue weighted by molar-refractivity contribution is 0.0220. The summed E-state index contributed by atoms with van der Waals surface area (Å²) in [6.45, 7) is 3.95. The maximum absolute atomic E-state index is 9.66. The number of alkyl halides is 2. The van der Waals surface area contributed by atoms with Crippen LogP contribution in [0.5, 0.6) is 0 Å². The van der Waals surface area contributed by atoms with Crippen molar-refractivity contribution in [2.75, 3.05) is 19.8 Å². The van der Waals surface area contributed by atoms with E-state index in [4.69, 9.17) is 32.7 Å². The zero-order chi connectivity index (χ0) is 10.8. The van der Waals surface area contributed by atoms with E-state index in [1.807, 2.05) is 0 Å². The molecule has 0 spiro atoms. The van der Waals surface area contributed by atoms with E-state index in [9.17, 15) is 4.79 Å². The number of ether oxygens (including phenoxy) is 3. The van der Waals surface area contributed by atoms with Crippen molar-refractivity contribution in [1.82, 2.24) is 0 Å². The highest BCUT2D eigenvalue weighted by Gasteiger charge is 2.04. The van der Waals surface area contributed by atoms with Crippen molar-refractivity contribution < 1.29 is 19.0 Å². The van der Waals surface area contributed by atoms with Gasteiger partial charge in [-0.25, -0.2) is 4.79 Å². The molecule has 83 valence electrons. The number of hydrogen-bond donors (Lipinski definition) is 0. The Kier molecular flexibility index (Phi) is 9.50. The molecule has 0 aromatic rings. The minimum absolute atomic E-state index is 0.199. The highest BCUT2D eigenvalue weighted by atomic mass is 35.5. The average molecular weight is 244 g/mol. The van der Waals surface area contributed by atoms with Gasteiger partial charge in [-0.1, -0.05) is 23.2 Å². The zero-order valence-electron chi connectivity index (χ0n) is 7.87. The summed E-state index contributed by atoms with van der Waals surface area (Å²) in [6.07, 6.45) is 0.424. The Balaban J connectivity index is 3.17. The molecule has 0 aliphatic rings. The van der Waals surface area contributed by atoms with Crippen molar-refractivity contribution in [2.24, 2.45) is 0 Å². The molecular weight excluding hydrogens is 231 g/mol. The van der Waals surface area contributed by atoms with Crippen LogP contribution < -0.4 is 0 Å². The first-order valence-electron chi connectivity index (χ1n) is 4.17. The molecule has 0 saturated carbocycles. The Morgan fingerprint density at radius 3 is 2.43 bits per heavy atom. The highest BCUT2D eigenvalue weighted by Crippen LogP contribution is 2.04. The monoisotopic (exact) mass is 243 g/mol. The quantitative estimate of drug-likeness (QED) is 0.457. The summed E-state index contributed by atoms with van der Waals surface area (Å²) in [5, 5.41) is 0. The first-order valence-corrected chi connectivity index (χ1v) is 5.04. The van der Waals surface area contributed by atoms with Crippen molar-refractivity contribution in [2.45, 2.75) is 24.5 Å². The van der Waals surface area contributed by atoms with E-state index in [0.29, 0.717) is 19.6 Å². The molecule has 0 bridgehead atoms. The summed E-state index contributed by atoms with van der Waals surface area (Å²) in [5.74, 6) is 0. The fourth-order valence-corrected chi connectivity index (χ4v) is 0.930. The average Bonchev–Trinajstić information content (AvgIpc) is 2.13. The molecule has 4 nitrogen and oxygen atoms in total. The lowest BCUT2D eigenvalue weighted by Crippen LogP contribution is -2.14. The van der Waals surface area contributed by atoms with Gasteiger partial charge >= 0.3 is 6.47 Å². The summed E-state index contributed by atoms with van der Waals surface area (Å²) in [4.78, 5) is 9.66. The van der Waals surface area contributed by atoms with Crippen LogP contribution in [0.15, 0.2) is 0 Å². The number of carbonyl (C=O) groups excluding carboxylic acids is 1. The third-order valence-corrected chi connectivity index (χ3v) is 1.71. The Labute approximate surface area is 93.4 Å². The molecule has 0 aromatic carbocycles. The van der Waals surface area contributed by atoms with Crippen LogP contribution in [0.3, 0.4) is 0 Å². The van der Waals surface area contributed by atoms with Gasteiger partial charge in [0.25, 0.3) is 0 Å². The van der Waals surface area contributed by atoms with Crippen LogP contribution in [-0.4, -0.2) is 37.4 Å². The van der Waals surface area contributed by atoms with Crippen molar-refractivity contribution in [1.29, 1.82) is 0 Å². The van der Waals surface area contributed by atoms with Gasteiger partial charge in [0.05, 0.1) is 19.8 Å². The van der Waals surface area contributed by atoms with Crippen LogP contribution in [0.4, 0.5) is 0 Å². The maximum Gasteiger partial charge on any atom is 0.417 e. The third-order valence-electron chi connectivity index (χ3n) is 1.24. The largest absolute Gasteiger partial charge is 0.457 e. The maximum atomic E-state index is 9.66. The topological polar surface area (TPSA) is 44.8 Å². The van der Waals surface area contributed by atoms with Crippen LogP contribution in [0.2, 0.25) is 0 Å². The fourth-order valence-electron chi connectivity index (χ4n) is 0.663. The Bertz CT molecular complexity index is 143. The molecule has 0 rings (SSSR count). The molecule has 2 atom stereocenters. The third kappa shape index (κ3) is 10.1. The second-order valence-electron chi connectivity index (χ2n) is 2.42. The molecule has 0 aliphatic carbocycles. The number of rotatable bonds is 9. The van der Waals surface area contributed by atoms with Gasteiger partial charge < -0.3 is 14.2 Å². The lowest BCUT2D eigenvalue weighted by Gasteiger charge is -2.11. The van der Waals surface area contributed by atoms with Crippen LogP contribution in [0.25, 0.3) is 0 Å². The fraction of sp³-hybridized carbons (Fsp3) is 0.875. The molecule has 0 aliphatic heterocycles. The van der Waals surface area contributed by atoms with E-state index in [-0.39, 0.29) is 12.2 Å². The minimum Gasteiger partial charge on any atom is -0.457 e. The van der Waals surface area contributed by atoms with Gasteiger partial charge in [0, 0.05) is 6.42 Å². The van der Waals surface area contributed by atoms with Gasteiger partial charge in [0.2, 0.25) is 0 Å². The van der Waals surface area contributed by atoms with Gasteiger partial charge in [-0.05, 0) is 6.92 Å². The second kappa shape index (κ2) is 9.52. The predicted octanol–water partition coefficient (Wildman–Crippen LogP) is 1.64. The van der Waals surface area contributed by atoms with Crippen LogP contribution in [0.1, 0.15) is 13.3 Å². The molecule has 0 heterocycles. The zero-order valence-corrected chi connectivity index (χ0v) is 9.38. The first kappa shape index (κ1) is 14.0. The van der Waals surface area contributed by atoms with Crippen molar-refractivity contribution in [3.05, 3.63) is 0 Å². The van der Waals surface area contributed by atoms with Crippen molar-refractivity contribution in [3.8, 4) is 0 Å². The van der Waals surface area contributed by atoms with E-state index in [2.05, 4.69) is 4.74 Å². The van der Waals surface area contributed by atoms with Crippen LogP contribution >= 0.6 is 23.2 Å². The molecule has 2 unspecified atom stereocenters. The van der Waals surface area contributed by atoms with Gasteiger partial charge in [-0.3, -0.25) is 0 Å². The van der Waals surface area contributed by atoms with Crippen molar-refractivity contribution >= 4 is 29.7 Å². The van der Waals surface area contributed by atoms with Gasteiger partial charge in [0.15, 0.2) is 0 Å². The molecule has 0 saturated heterocycles.